The molecule has 0 aromatic carbocycles. The summed E-state index contributed by atoms with van der Waals surface area (Å²) in [5.74, 6) is 0.804. The minimum atomic E-state index is -3.87. The Bertz CT molecular complexity index is 761. The fourth-order valence-electron chi connectivity index (χ4n) is 2.96. The van der Waals surface area contributed by atoms with Gasteiger partial charge in [0.25, 0.3) is 15.2 Å². The molecule has 2 N–H and O–H groups in total. The molecule has 2 aromatic heterocycles. The molecule has 114 valence electrons. The summed E-state index contributed by atoms with van der Waals surface area (Å²) in [6, 6.07) is 2.05. The van der Waals surface area contributed by atoms with Gasteiger partial charge in [0.15, 0.2) is 0 Å². The van der Waals surface area contributed by atoms with E-state index in [-0.39, 0.29) is 17.1 Å². The largest absolute Gasteiger partial charge is 0.298 e. The average Bonchev–Trinajstić information content (AvgIpc) is 3.03. The van der Waals surface area contributed by atoms with Crippen molar-refractivity contribution in [3.8, 4) is 0 Å². The number of nitrogens with two attached hydrogens (primary N) is 1. The van der Waals surface area contributed by atoms with E-state index in [0.29, 0.717) is 5.82 Å². The summed E-state index contributed by atoms with van der Waals surface area (Å²) in [5.41, 5.74) is 1.25. The van der Waals surface area contributed by atoms with Gasteiger partial charge in [-0.3, -0.25) is 4.57 Å². The highest BCUT2D eigenvalue weighted by atomic mass is 32.2. The van der Waals surface area contributed by atoms with Crippen LogP contribution >= 0.6 is 11.3 Å². The van der Waals surface area contributed by atoms with E-state index in [0.717, 1.165) is 19.3 Å². The number of hydrogen-bond donors (Lipinski definition) is 1. The number of fused-ring (bicyclic) bond motifs is 1. The number of nitrogens with zero attached hydrogens (tertiary/aromatic N) is 3. The molecule has 0 radical (unpaired) electrons. The fraction of sp³-hybridized carbons (Fsp3) is 0.538. The summed E-state index contributed by atoms with van der Waals surface area (Å²) in [7, 11) is -3.87. The zero-order chi connectivity index (χ0) is 15.2. The first-order valence-electron chi connectivity index (χ1n) is 6.93. The van der Waals surface area contributed by atoms with E-state index in [1.807, 2.05) is 13.8 Å². The lowest BCUT2D eigenvalue weighted by atomic mass is 9.87. The molecule has 1 aliphatic carbocycles. The summed E-state index contributed by atoms with van der Waals surface area (Å²) in [5, 5.41) is 15.2. The highest BCUT2D eigenvalue weighted by Crippen LogP contribution is 2.39. The van der Waals surface area contributed by atoms with Gasteiger partial charge in [0.05, 0.1) is 0 Å². The van der Waals surface area contributed by atoms with Gasteiger partial charge in [-0.15, -0.1) is 21.5 Å². The van der Waals surface area contributed by atoms with Crippen LogP contribution in [-0.4, -0.2) is 23.2 Å². The Labute approximate surface area is 128 Å². The van der Waals surface area contributed by atoms with Crippen LogP contribution in [0, 0.1) is 0 Å². The minimum Gasteiger partial charge on any atom is -0.298 e. The van der Waals surface area contributed by atoms with E-state index in [1.54, 1.807) is 15.9 Å². The third-order valence-corrected chi connectivity index (χ3v) is 5.61. The molecule has 21 heavy (non-hydrogen) atoms. The van der Waals surface area contributed by atoms with Crippen LogP contribution in [0.25, 0.3) is 0 Å². The van der Waals surface area contributed by atoms with Crippen LogP contribution in [0.2, 0.25) is 0 Å². The summed E-state index contributed by atoms with van der Waals surface area (Å²) in [4.78, 5) is 1.36. The van der Waals surface area contributed by atoms with Crippen molar-refractivity contribution in [1.82, 2.24) is 14.8 Å². The normalized spacial score (nSPS) is 19.0. The maximum atomic E-state index is 11.7. The first-order chi connectivity index (χ1) is 9.89. The zero-order valence-electron chi connectivity index (χ0n) is 12.0. The molecule has 3 rings (SSSR count). The molecule has 0 amide bonds. The van der Waals surface area contributed by atoms with E-state index >= 15 is 0 Å². The molecule has 1 aliphatic rings. The van der Waals surface area contributed by atoms with Gasteiger partial charge in [0.1, 0.15) is 5.82 Å². The zero-order valence-corrected chi connectivity index (χ0v) is 13.6. The maximum Gasteiger partial charge on any atom is 0.273 e. The number of hydrogen-bond acceptors (Lipinski definition) is 5. The van der Waals surface area contributed by atoms with E-state index in [4.69, 9.17) is 5.14 Å². The number of aromatic nitrogens is 3. The van der Waals surface area contributed by atoms with Crippen LogP contribution in [-0.2, 0) is 16.4 Å². The predicted molar refractivity (Wildman–Crippen MR) is 80.9 cm³/mol. The highest BCUT2D eigenvalue weighted by molar-refractivity contribution is 7.89. The van der Waals surface area contributed by atoms with Crippen LogP contribution in [0.1, 0.15) is 54.9 Å². The Morgan fingerprint density at radius 1 is 1.43 bits per heavy atom. The molecule has 2 aromatic rings. The quantitative estimate of drug-likeness (QED) is 0.934. The van der Waals surface area contributed by atoms with Crippen LogP contribution in [0.3, 0.4) is 0 Å². The second kappa shape index (κ2) is 5.19. The van der Waals surface area contributed by atoms with Crippen molar-refractivity contribution in [2.75, 3.05) is 0 Å². The molecule has 0 spiro atoms. The van der Waals surface area contributed by atoms with Crippen LogP contribution in [0.5, 0.6) is 0 Å². The lowest BCUT2D eigenvalue weighted by Crippen LogP contribution is -2.22. The number of sulfonamides is 1. The summed E-state index contributed by atoms with van der Waals surface area (Å²) >= 11 is 1.75. The number of aryl methyl sites for hydroxylation is 1. The number of thiophene rings is 1. The minimum absolute atomic E-state index is 0.0627. The van der Waals surface area contributed by atoms with Gasteiger partial charge in [0, 0.05) is 16.8 Å². The van der Waals surface area contributed by atoms with E-state index < -0.39 is 10.0 Å². The van der Waals surface area contributed by atoms with E-state index in [2.05, 4.69) is 21.6 Å². The molecule has 2 heterocycles. The summed E-state index contributed by atoms with van der Waals surface area (Å²) < 4.78 is 25.1. The van der Waals surface area contributed by atoms with Gasteiger partial charge in [-0.1, -0.05) is 0 Å². The summed E-state index contributed by atoms with van der Waals surface area (Å²) in [6.07, 6.45) is 3.12. The van der Waals surface area contributed by atoms with Crippen LogP contribution < -0.4 is 5.14 Å². The molecule has 1 atom stereocenters. The van der Waals surface area contributed by atoms with Crippen molar-refractivity contribution in [3.63, 3.8) is 0 Å². The molecule has 8 heteroatoms. The van der Waals surface area contributed by atoms with Crippen molar-refractivity contribution in [2.45, 2.75) is 50.2 Å². The average molecular weight is 326 g/mol. The number of primary sulfonamides is 1. The topological polar surface area (TPSA) is 90.9 Å². The monoisotopic (exact) mass is 326 g/mol. The van der Waals surface area contributed by atoms with Gasteiger partial charge in [-0.25, -0.2) is 13.6 Å². The van der Waals surface area contributed by atoms with Crippen molar-refractivity contribution in [3.05, 3.63) is 27.7 Å². The Balaban J connectivity index is 2.15. The fourth-order valence-corrected chi connectivity index (χ4v) is 4.68. The molecular formula is C13H18N4O2S2. The van der Waals surface area contributed by atoms with Crippen molar-refractivity contribution < 1.29 is 8.42 Å². The summed E-state index contributed by atoms with van der Waals surface area (Å²) in [6.45, 7) is 3.83. The van der Waals surface area contributed by atoms with E-state index in [1.165, 1.54) is 10.4 Å². The van der Waals surface area contributed by atoms with Gasteiger partial charge in [-0.05, 0) is 50.1 Å². The maximum absolute atomic E-state index is 11.7. The van der Waals surface area contributed by atoms with Crippen LogP contribution in [0.4, 0.5) is 0 Å². The molecule has 0 aliphatic heterocycles. The van der Waals surface area contributed by atoms with Crippen LogP contribution in [0.15, 0.2) is 16.6 Å². The standard InChI is InChI=1S/C13H18N4O2S2/c1-8(2)17-12(15-16-13(17)21(14,18)19)10-4-3-5-11-9(10)6-7-20-11/h6-8,10H,3-5H2,1-2H3,(H2,14,18,19). The lowest BCUT2D eigenvalue weighted by molar-refractivity contribution is 0.479. The van der Waals surface area contributed by atoms with Crippen molar-refractivity contribution >= 4 is 21.4 Å². The van der Waals surface area contributed by atoms with Crippen molar-refractivity contribution in [2.24, 2.45) is 5.14 Å². The number of rotatable bonds is 3. The first-order valence-corrected chi connectivity index (χ1v) is 9.36. The predicted octanol–water partition coefficient (Wildman–Crippen LogP) is 2.04. The first kappa shape index (κ1) is 14.7. The molecule has 0 fully saturated rings. The molecule has 0 saturated heterocycles. The van der Waals surface area contributed by atoms with Crippen molar-refractivity contribution in [1.29, 1.82) is 0 Å². The third-order valence-electron chi connectivity index (χ3n) is 3.83. The molecule has 0 saturated carbocycles. The highest BCUT2D eigenvalue weighted by Gasteiger charge is 2.31. The Morgan fingerprint density at radius 3 is 2.86 bits per heavy atom. The smallest absolute Gasteiger partial charge is 0.273 e. The SMILES string of the molecule is CC(C)n1c(C2CCCc3sccc32)nnc1S(N)(=O)=O. The lowest BCUT2D eigenvalue weighted by Gasteiger charge is -2.24. The van der Waals surface area contributed by atoms with Gasteiger partial charge >= 0.3 is 0 Å². The molecular weight excluding hydrogens is 308 g/mol. The molecule has 0 bridgehead atoms. The van der Waals surface area contributed by atoms with Gasteiger partial charge in [0.2, 0.25) is 0 Å². The molecule has 6 nitrogen and oxygen atoms in total. The third kappa shape index (κ3) is 2.51. The second-order valence-corrected chi connectivity index (χ2v) is 8.05. The Morgan fingerprint density at radius 2 is 2.19 bits per heavy atom. The second-order valence-electron chi connectivity index (χ2n) is 5.59. The Hall–Kier alpha value is -1.25. The van der Waals surface area contributed by atoms with E-state index in [9.17, 15) is 8.42 Å². The Kier molecular flexibility index (Phi) is 3.62. The molecule has 1 unspecified atom stereocenters. The van der Waals surface area contributed by atoms with Gasteiger partial charge < -0.3 is 0 Å². The van der Waals surface area contributed by atoms with Gasteiger partial charge in [-0.2, -0.15) is 0 Å².